The normalized spacial score (nSPS) is 12.2. The Morgan fingerprint density at radius 3 is 2.41 bits per heavy atom. The number of aromatic amines is 1. The number of nitrogens with zero attached hydrogens (tertiary/aromatic N) is 1. The third-order valence-electron chi connectivity index (χ3n) is 4.76. The van der Waals surface area contributed by atoms with E-state index >= 15 is 0 Å². The van der Waals surface area contributed by atoms with Crippen molar-refractivity contribution in [3.63, 3.8) is 0 Å². The molecular formula is C21H15ClF3N3O3S. The summed E-state index contributed by atoms with van der Waals surface area (Å²) >= 11 is 6.25. The van der Waals surface area contributed by atoms with Gasteiger partial charge < -0.3 is 0 Å². The van der Waals surface area contributed by atoms with Gasteiger partial charge in [0, 0.05) is 0 Å². The van der Waals surface area contributed by atoms with E-state index in [4.69, 9.17) is 11.6 Å². The van der Waals surface area contributed by atoms with Gasteiger partial charge in [0.2, 0.25) is 0 Å². The summed E-state index contributed by atoms with van der Waals surface area (Å²) in [5, 5.41) is 2.83. The molecule has 1 aromatic heterocycles. The monoisotopic (exact) mass is 481 g/mol. The molecule has 4 aromatic rings. The van der Waals surface area contributed by atoms with Crippen LogP contribution in [0.3, 0.4) is 0 Å². The number of fused-ring (bicyclic) bond motifs is 1. The minimum Gasteiger partial charge on any atom is -0.280 e. The molecule has 2 N–H and O–H groups in total. The first kappa shape index (κ1) is 22.0. The predicted molar refractivity (Wildman–Crippen MR) is 115 cm³/mol. The van der Waals surface area contributed by atoms with Crippen molar-refractivity contribution in [3.8, 4) is 0 Å². The predicted octanol–water partition coefficient (Wildman–Crippen LogP) is 4.85. The van der Waals surface area contributed by atoms with E-state index in [2.05, 4.69) is 9.82 Å². The van der Waals surface area contributed by atoms with E-state index in [1.165, 1.54) is 12.1 Å². The second-order valence-electron chi connectivity index (χ2n) is 6.99. The van der Waals surface area contributed by atoms with Crippen molar-refractivity contribution in [2.45, 2.75) is 17.6 Å². The van der Waals surface area contributed by atoms with E-state index in [-0.39, 0.29) is 16.1 Å². The minimum absolute atomic E-state index is 0.0196. The van der Waals surface area contributed by atoms with Gasteiger partial charge in [-0.25, -0.2) is 8.42 Å². The number of sulfonamides is 1. The molecule has 0 saturated carbocycles. The number of nitrogens with one attached hydrogen (secondary N) is 2. The average Bonchev–Trinajstić information content (AvgIpc) is 3.02. The number of alkyl halides is 3. The van der Waals surface area contributed by atoms with Crippen LogP contribution in [-0.2, 0) is 22.7 Å². The SMILES string of the molecule is O=c1[nH]n(Cc2ccccc2)c2cc(Cl)c(NS(=O)(=O)c3cccc(C(F)(F)F)c3)cc12. The lowest BCUT2D eigenvalue weighted by Crippen LogP contribution is -2.15. The first-order valence-corrected chi connectivity index (χ1v) is 11.1. The maximum absolute atomic E-state index is 12.9. The van der Waals surface area contributed by atoms with E-state index in [1.807, 2.05) is 30.3 Å². The van der Waals surface area contributed by atoms with Crippen molar-refractivity contribution in [2.24, 2.45) is 0 Å². The largest absolute Gasteiger partial charge is 0.416 e. The molecule has 0 aliphatic carbocycles. The second kappa shape index (κ2) is 8.03. The summed E-state index contributed by atoms with van der Waals surface area (Å²) < 4.78 is 67.9. The van der Waals surface area contributed by atoms with Gasteiger partial charge in [0.15, 0.2) is 0 Å². The Bertz CT molecular complexity index is 1460. The Balaban J connectivity index is 1.71. The van der Waals surface area contributed by atoms with Crippen LogP contribution in [0.1, 0.15) is 11.1 Å². The number of rotatable bonds is 5. The highest BCUT2D eigenvalue weighted by molar-refractivity contribution is 7.92. The van der Waals surface area contributed by atoms with Crippen molar-refractivity contribution in [2.75, 3.05) is 4.72 Å². The second-order valence-corrected chi connectivity index (χ2v) is 9.08. The fourth-order valence-electron chi connectivity index (χ4n) is 3.22. The van der Waals surface area contributed by atoms with Crippen LogP contribution < -0.4 is 10.3 Å². The van der Waals surface area contributed by atoms with Gasteiger partial charge in [0.25, 0.3) is 15.6 Å². The molecule has 0 atom stereocenters. The minimum atomic E-state index is -4.70. The number of halogens is 4. The maximum Gasteiger partial charge on any atom is 0.416 e. The molecule has 0 spiro atoms. The van der Waals surface area contributed by atoms with Gasteiger partial charge in [-0.2, -0.15) is 13.2 Å². The first-order chi connectivity index (χ1) is 15.0. The Labute approximate surface area is 185 Å². The Hall–Kier alpha value is -3.24. The van der Waals surface area contributed by atoms with Gasteiger partial charge in [-0.15, -0.1) is 0 Å². The van der Waals surface area contributed by atoms with Crippen molar-refractivity contribution >= 4 is 38.2 Å². The number of hydrogen-bond donors (Lipinski definition) is 2. The van der Waals surface area contributed by atoms with Gasteiger partial charge in [0.05, 0.1) is 38.6 Å². The van der Waals surface area contributed by atoms with Gasteiger partial charge in [-0.05, 0) is 35.9 Å². The summed E-state index contributed by atoms with van der Waals surface area (Å²) in [6, 6.07) is 15.3. The Morgan fingerprint density at radius 2 is 1.72 bits per heavy atom. The number of H-pyrrole nitrogens is 1. The molecule has 0 radical (unpaired) electrons. The van der Waals surface area contributed by atoms with Crippen molar-refractivity contribution in [3.05, 3.63) is 93.2 Å². The van der Waals surface area contributed by atoms with E-state index in [9.17, 15) is 26.4 Å². The lowest BCUT2D eigenvalue weighted by Gasteiger charge is -2.12. The summed E-state index contributed by atoms with van der Waals surface area (Å²) in [5.74, 6) is 0. The fraction of sp³-hybridized carbons (Fsp3) is 0.0952. The highest BCUT2D eigenvalue weighted by Gasteiger charge is 2.31. The molecule has 0 fully saturated rings. The van der Waals surface area contributed by atoms with E-state index in [0.29, 0.717) is 18.1 Å². The summed E-state index contributed by atoms with van der Waals surface area (Å²) in [4.78, 5) is 11.8. The fourth-order valence-corrected chi connectivity index (χ4v) is 4.60. The zero-order valence-corrected chi connectivity index (χ0v) is 17.7. The van der Waals surface area contributed by atoms with Gasteiger partial charge in [0.1, 0.15) is 0 Å². The molecule has 11 heteroatoms. The van der Waals surface area contributed by atoms with Crippen LogP contribution in [0.25, 0.3) is 10.9 Å². The lowest BCUT2D eigenvalue weighted by molar-refractivity contribution is -0.137. The van der Waals surface area contributed by atoms with Gasteiger partial charge in [-0.3, -0.25) is 19.3 Å². The smallest absolute Gasteiger partial charge is 0.280 e. The van der Waals surface area contributed by atoms with Crippen molar-refractivity contribution in [1.29, 1.82) is 0 Å². The quantitative estimate of drug-likeness (QED) is 0.427. The zero-order valence-electron chi connectivity index (χ0n) is 16.2. The molecular weight excluding hydrogens is 467 g/mol. The highest BCUT2D eigenvalue weighted by Crippen LogP contribution is 2.32. The molecule has 0 unspecified atom stereocenters. The zero-order chi connectivity index (χ0) is 23.1. The molecule has 32 heavy (non-hydrogen) atoms. The number of benzene rings is 3. The third kappa shape index (κ3) is 4.37. The molecule has 1 heterocycles. The first-order valence-electron chi connectivity index (χ1n) is 9.21. The van der Waals surface area contributed by atoms with Crippen LogP contribution in [0.4, 0.5) is 18.9 Å². The number of aromatic nitrogens is 2. The van der Waals surface area contributed by atoms with Crippen LogP contribution in [0.15, 0.2) is 76.4 Å². The van der Waals surface area contributed by atoms with E-state index in [0.717, 1.165) is 23.8 Å². The van der Waals surface area contributed by atoms with Crippen molar-refractivity contribution in [1.82, 2.24) is 9.78 Å². The summed E-state index contributed by atoms with van der Waals surface area (Å²) in [6.45, 7) is 0.352. The van der Waals surface area contributed by atoms with Gasteiger partial charge in [-0.1, -0.05) is 48.0 Å². The van der Waals surface area contributed by atoms with Crippen LogP contribution in [0.2, 0.25) is 5.02 Å². The Morgan fingerprint density at radius 1 is 1.00 bits per heavy atom. The maximum atomic E-state index is 12.9. The number of anilines is 1. The third-order valence-corrected chi connectivity index (χ3v) is 6.43. The molecule has 166 valence electrons. The molecule has 6 nitrogen and oxygen atoms in total. The summed E-state index contributed by atoms with van der Waals surface area (Å²) in [5.41, 5.74) is -0.319. The summed E-state index contributed by atoms with van der Waals surface area (Å²) in [7, 11) is -4.40. The molecule has 0 aliphatic heterocycles. The molecule has 0 saturated heterocycles. The molecule has 0 bridgehead atoms. The van der Waals surface area contributed by atoms with E-state index in [1.54, 1.807) is 4.68 Å². The topological polar surface area (TPSA) is 84.0 Å². The van der Waals surface area contributed by atoms with Crippen LogP contribution >= 0.6 is 11.6 Å². The van der Waals surface area contributed by atoms with Crippen LogP contribution in [-0.4, -0.2) is 18.2 Å². The molecule has 3 aromatic carbocycles. The van der Waals surface area contributed by atoms with Crippen LogP contribution in [0, 0.1) is 0 Å². The van der Waals surface area contributed by atoms with Crippen LogP contribution in [0.5, 0.6) is 0 Å². The van der Waals surface area contributed by atoms with Gasteiger partial charge >= 0.3 is 6.18 Å². The molecule has 4 rings (SSSR count). The van der Waals surface area contributed by atoms with Crippen molar-refractivity contribution < 1.29 is 21.6 Å². The number of hydrogen-bond acceptors (Lipinski definition) is 3. The standard InChI is InChI=1S/C21H15ClF3N3O3S/c22-17-11-19-16(20(29)26-28(19)12-13-5-2-1-3-6-13)10-18(17)27-32(30,31)15-8-4-7-14(9-15)21(23,24)25/h1-11,27H,12H2,(H,26,29). The molecule has 0 aliphatic rings. The average molecular weight is 482 g/mol. The lowest BCUT2D eigenvalue weighted by atomic mass is 10.2. The van der Waals surface area contributed by atoms with E-state index < -0.39 is 32.2 Å². The Kier molecular flexibility index (Phi) is 5.51. The molecule has 0 amide bonds. The highest BCUT2D eigenvalue weighted by atomic mass is 35.5. The summed E-state index contributed by atoms with van der Waals surface area (Å²) in [6.07, 6.45) is -4.70.